The first-order chi connectivity index (χ1) is 9.61. The summed E-state index contributed by atoms with van der Waals surface area (Å²) < 4.78 is 1.10. The van der Waals surface area contributed by atoms with Crippen LogP contribution in [0.2, 0.25) is 5.02 Å². The van der Waals surface area contributed by atoms with Gasteiger partial charge in [-0.25, -0.2) is 0 Å². The molecule has 106 valence electrons. The minimum absolute atomic E-state index is 0.790. The number of rotatable bonds is 5. The Kier molecular flexibility index (Phi) is 5.46. The molecule has 0 amide bonds. The van der Waals surface area contributed by atoms with Gasteiger partial charge in [-0.1, -0.05) is 45.7 Å². The van der Waals surface area contributed by atoms with Gasteiger partial charge in [-0.2, -0.15) is 0 Å². The van der Waals surface area contributed by atoms with Crippen molar-refractivity contribution in [3.63, 3.8) is 0 Å². The number of hydrogen-bond donors (Lipinski definition) is 1. The Morgan fingerprint density at radius 2 is 1.90 bits per heavy atom. The first-order valence-corrected chi connectivity index (χ1v) is 7.66. The molecule has 0 bridgehead atoms. The molecule has 0 radical (unpaired) electrons. The molecule has 2 rings (SSSR count). The van der Waals surface area contributed by atoms with Crippen LogP contribution in [0.1, 0.15) is 11.1 Å². The predicted molar refractivity (Wildman–Crippen MR) is 90.5 cm³/mol. The predicted octanol–water partition coefficient (Wildman–Crippen LogP) is 4.46. The molecule has 2 aromatic carbocycles. The van der Waals surface area contributed by atoms with Crippen molar-refractivity contribution >= 4 is 33.2 Å². The zero-order valence-corrected chi connectivity index (χ0v) is 14.0. The average molecular weight is 354 g/mol. The molecule has 0 unspecified atom stereocenters. The lowest BCUT2D eigenvalue weighted by Crippen LogP contribution is -2.19. The minimum atomic E-state index is 0.790. The second-order valence-electron chi connectivity index (χ2n) is 4.75. The first kappa shape index (κ1) is 15.4. The molecule has 0 aliphatic heterocycles. The van der Waals surface area contributed by atoms with Gasteiger partial charge >= 0.3 is 0 Å². The second-order valence-corrected chi connectivity index (χ2v) is 6.07. The second kappa shape index (κ2) is 7.11. The molecule has 0 saturated heterocycles. The van der Waals surface area contributed by atoms with E-state index in [1.165, 1.54) is 11.3 Å². The molecule has 0 aliphatic carbocycles. The molecule has 0 aromatic heterocycles. The fourth-order valence-corrected chi connectivity index (χ4v) is 2.83. The molecule has 0 heterocycles. The number of nitrogens with zero attached hydrogens (tertiary/aromatic N) is 1. The van der Waals surface area contributed by atoms with E-state index in [2.05, 4.69) is 57.5 Å². The summed E-state index contributed by atoms with van der Waals surface area (Å²) in [5.41, 5.74) is 3.61. The number of hydrogen-bond acceptors (Lipinski definition) is 2. The van der Waals surface area contributed by atoms with E-state index >= 15 is 0 Å². The van der Waals surface area contributed by atoms with Crippen molar-refractivity contribution in [3.05, 3.63) is 63.1 Å². The lowest BCUT2D eigenvalue weighted by Gasteiger charge is -2.23. The van der Waals surface area contributed by atoms with Crippen LogP contribution in [0.15, 0.2) is 46.9 Å². The molecule has 0 saturated carbocycles. The van der Waals surface area contributed by atoms with E-state index in [0.717, 1.165) is 28.1 Å². The van der Waals surface area contributed by atoms with Gasteiger partial charge in [-0.3, -0.25) is 0 Å². The third kappa shape index (κ3) is 3.75. The monoisotopic (exact) mass is 352 g/mol. The standard InChI is InChI=1S/C16H18BrClN2/c1-19-10-13-9-14(17)7-8-16(13)20(2)11-12-5-3-4-6-15(12)18/h3-9,19H,10-11H2,1-2H3. The van der Waals surface area contributed by atoms with Crippen LogP contribution in [-0.2, 0) is 13.1 Å². The Morgan fingerprint density at radius 3 is 2.60 bits per heavy atom. The Morgan fingerprint density at radius 1 is 1.15 bits per heavy atom. The van der Waals surface area contributed by atoms with Gasteiger partial charge in [0.1, 0.15) is 0 Å². The van der Waals surface area contributed by atoms with Crippen LogP contribution < -0.4 is 10.2 Å². The van der Waals surface area contributed by atoms with Gasteiger partial charge in [0, 0.05) is 35.3 Å². The van der Waals surface area contributed by atoms with Gasteiger partial charge in [0.25, 0.3) is 0 Å². The van der Waals surface area contributed by atoms with Crippen LogP contribution in [0, 0.1) is 0 Å². The van der Waals surface area contributed by atoms with Crippen molar-refractivity contribution in [3.8, 4) is 0 Å². The molecule has 0 aliphatic rings. The molecule has 1 N–H and O–H groups in total. The number of nitrogens with one attached hydrogen (secondary N) is 1. The van der Waals surface area contributed by atoms with Gasteiger partial charge in [0.05, 0.1) is 0 Å². The van der Waals surface area contributed by atoms with Gasteiger partial charge in [-0.05, 0) is 42.4 Å². The van der Waals surface area contributed by atoms with E-state index in [1.807, 2.05) is 25.2 Å². The smallest absolute Gasteiger partial charge is 0.0455 e. The fraction of sp³-hybridized carbons (Fsp3) is 0.250. The SMILES string of the molecule is CNCc1cc(Br)ccc1N(C)Cc1ccccc1Cl. The molecule has 0 fully saturated rings. The summed E-state index contributed by atoms with van der Waals surface area (Å²) in [6.45, 7) is 1.62. The van der Waals surface area contributed by atoms with Crippen LogP contribution >= 0.6 is 27.5 Å². The van der Waals surface area contributed by atoms with Crippen molar-refractivity contribution in [2.24, 2.45) is 0 Å². The van der Waals surface area contributed by atoms with E-state index in [9.17, 15) is 0 Å². The summed E-state index contributed by atoms with van der Waals surface area (Å²) in [6.07, 6.45) is 0. The quantitative estimate of drug-likeness (QED) is 0.854. The summed E-state index contributed by atoms with van der Waals surface area (Å²) in [5.74, 6) is 0. The molecular formula is C16H18BrClN2. The maximum absolute atomic E-state index is 6.24. The largest absolute Gasteiger partial charge is 0.370 e. The van der Waals surface area contributed by atoms with Crippen LogP contribution in [-0.4, -0.2) is 14.1 Å². The summed E-state index contributed by atoms with van der Waals surface area (Å²) >= 11 is 9.76. The van der Waals surface area contributed by atoms with Crippen molar-refractivity contribution < 1.29 is 0 Å². The first-order valence-electron chi connectivity index (χ1n) is 6.49. The highest BCUT2D eigenvalue weighted by atomic mass is 79.9. The summed E-state index contributed by atoms with van der Waals surface area (Å²) in [4.78, 5) is 2.22. The summed E-state index contributed by atoms with van der Waals surface area (Å²) in [7, 11) is 4.05. The topological polar surface area (TPSA) is 15.3 Å². The number of halogens is 2. The molecule has 2 aromatic rings. The Hall–Kier alpha value is -1.03. The molecule has 0 atom stereocenters. The van der Waals surface area contributed by atoms with Crippen molar-refractivity contribution in [1.29, 1.82) is 0 Å². The lowest BCUT2D eigenvalue weighted by atomic mass is 10.1. The van der Waals surface area contributed by atoms with E-state index in [4.69, 9.17) is 11.6 Å². The molecular weight excluding hydrogens is 336 g/mol. The van der Waals surface area contributed by atoms with Crippen molar-refractivity contribution in [2.45, 2.75) is 13.1 Å². The Labute approximate surface area is 133 Å². The van der Waals surface area contributed by atoms with Gasteiger partial charge < -0.3 is 10.2 Å². The highest BCUT2D eigenvalue weighted by molar-refractivity contribution is 9.10. The fourth-order valence-electron chi connectivity index (χ4n) is 2.23. The molecule has 0 spiro atoms. The molecule has 20 heavy (non-hydrogen) atoms. The molecule has 4 heteroatoms. The zero-order chi connectivity index (χ0) is 14.5. The maximum Gasteiger partial charge on any atom is 0.0455 e. The van der Waals surface area contributed by atoms with E-state index in [0.29, 0.717) is 0 Å². The zero-order valence-electron chi connectivity index (χ0n) is 11.7. The highest BCUT2D eigenvalue weighted by Crippen LogP contribution is 2.26. The third-order valence-corrected chi connectivity index (χ3v) is 4.05. The van der Waals surface area contributed by atoms with Gasteiger partial charge in [-0.15, -0.1) is 0 Å². The summed E-state index contributed by atoms with van der Waals surface area (Å²) in [5, 5.41) is 4.02. The average Bonchev–Trinajstić information content (AvgIpc) is 2.42. The Bertz CT molecular complexity index is 586. The van der Waals surface area contributed by atoms with Crippen molar-refractivity contribution in [1.82, 2.24) is 5.32 Å². The van der Waals surface area contributed by atoms with Gasteiger partial charge in [0.2, 0.25) is 0 Å². The highest BCUT2D eigenvalue weighted by Gasteiger charge is 2.09. The normalized spacial score (nSPS) is 10.6. The van der Waals surface area contributed by atoms with Gasteiger partial charge in [0.15, 0.2) is 0 Å². The third-order valence-electron chi connectivity index (χ3n) is 3.19. The maximum atomic E-state index is 6.24. The van der Waals surface area contributed by atoms with Crippen molar-refractivity contribution in [2.75, 3.05) is 19.0 Å². The molecule has 2 nitrogen and oxygen atoms in total. The van der Waals surface area contributed by atoms with E-state index in [-0.39, 0.29) is 0 Å². The number of anilines is 1. The number of benzene rings is 2. The van der Waals surface area contributed by atoms with Crippen LogP contribution in [0.4, 0.5) is 5.69 Å². The summed E-state index contributed by atoms with van der Waals surface area (Å²) in [6, 6.07) is 14.3. The van der Waals surface area contributed by atoms with Crippen LogP contribution in [0.5, 0.6) is 0 Å². The van der Waals surface area contributed by atoms with Crippen LogP contribution in [0.3, 0.4) is 0 Å². The van der Waals surface area contributed by atoms with E-state index in [1.54, 1.807) is 0 Å². The van der Waals surface area contributed by atoms with E-state index < -0.39 is 0 Å². The van der Waals surface area contributed by atoms with Crippen LogP contribution in [0.25, 0.3) is 0 Å². The lowest BCUT2D eigenvalue weighted by molar-refractivity contribution is 0.805. The minimum Gasteiger partial charge on any atom is -0.370 e. The Balaban J connectivity index is 2.25.